The molecule has 104 valence electrons. The summed E-state index contributed by atoms with van der Waals surface area (Å²) in [6, 6.07) is 7.19. The lowest BCUT2D eigenvalue weighted by molar-refractivity contribution is -0.131. The van der Waals surface area contributed by atoms with E-state index in [2.05, 4.69) is 5.32 Å². The first kappa shape index (κ1) is 15.4. The predicted octanol–water partition coefficient (Wildman–Crippen LogP) is 1.99. The fraction of sp³-hybridized carbons (Fsp3) is 0.429. The number of nitrogens with zero attached hydrogens (tertiary/aromatic N) is 1. The van der Waals surface area contributed by atoms with Gasteiger partial charge in [-0.15, -0.1) is 0 Å². The van der Waals surface area contributed by atoms with Gasteiger partial charge in [-0.05, 0) is 45.0 Å². The van der Waals surface area contributed by atoms with Crippen LogP contribution in [0.3, 0.4) is 0 Å². The predicted molar refractivity (Wildman–Crippen MR) is 83.3 cm³/mol. The molecule has 1 aromatic carbocycles. The van der Waals surface area contributed by atoms with E-state index in [1.807, 2.05) is 45.0 Å². The number of thiocarbonyl (C=S) groups is 1. The Kier molecular flexibility index (Phi) is 5.76. The highest BCUT2D eigenvalue weighted by Gasteiger charge is 2.17. The van der Waals surface area contributed by atoms with Crippen LogP contribution in [0.5, 0.6) is 0 Å². The molecule has 0 fully saturated rings. The van der Waals surface area contributed by atoms with Gasteiger partial charge in [0.2, 0.25) is 5.91 Å². The van der Waals surface area contributed by atoms with Crippen LogP contribution >= 0.6 is 12.2 Å². The lowest BCUT2D eigenvalue weighted by Crippen LogP contribution is -2.41. The minimum Gasteiger partial charge on any atom is -0.389 e. The van der Waals surface area contributed by atoms with Crippen molar-refractivity contribution in [3.8, 4) is 0 Å². The number of carbonyl (C=O) groups excluding carboxylic acids is 1. The second kappa shape index (κ2) is 7.09. The monoisotopic (exact) mass is 279 g/mol. The van der Waals surface area contributed by atoms with Crippen molar-refractivity contribution in [3.63, 3.8) is 0 Å². The van der Waals surface area contributed by atoms with E-state index < -0.39 is 0 Å². The molecule has 0 heterocycles. The molecule has 0 aromatic heterocycles. The summed E-state index contributed by atoms with van der Waals surface area (Å²) in [5.74, 6) is 0.100. The Balaban J connectivity index is 2.68. The molecule has 0 spiro atoms. The minimum absolute atomic E-state index is 0.100. The van der Waals surface area contributed by atoms with Crippen LogP contribution in [0.2, 0.25) is 0 Å². The maximum atomic E-state index is 12.1. The Morgan fingerprint density at radius 2 is 1.84 bits per heavy atom. The van der Waals surface area contributed by atoms with Gasteiger partial charge in [0, 0.05) is 24.3 Å². The molecule has 0 saturated heterocycles. The summed E-state index contributed by atoms with van der Waals surface area (Å²) in [5.41, 5.74) is 7.24. The Hall–Kier alpha value is -1.62. The van der Waals surface area contributed by atoms with Crippen molar-refractivity contribution in [3.05, 3.63) is 29.8 Å². The molecule has 19 heavy (non-hydrogen) atoms. The van der Waals surface area contributed by atoms with Gasteiger partial charge < -0.3 is 16.0 Å². The zero-order chi connectivity index (χ0) is 14.4. The number of hydrogen-bond donors (Lipinski definition) is 2. The number of carbonyl (C=O) groups is 1. The smallest absolute Gasteiger partial charge is 0.244 e. The maximum Gasteiger partial charge on any atom is 0.244 e. The topological polar surface area (TPSA) is 58.4 Å². The first-order chi connectivity index (χ1) is 8.99. The quantitative estimate of drug-likeness (QED) is 0.782. The molecule has 0 aliphatic heterocycles. The zero-order valence-corrected chi connectivity index (χ0v) is 12.5. The SMILES string of the molecule is CCN(CC)C(=O)C(C)Nc1ccc(C(N)=S)cc1. The van der Waals surface area contributed by atoms with Crippen LogP contribution in [0.15, 0.2) is 24.3 Å². The van der Waals surface area contributed by atoms with Crippen LogP contribution in [-0.4, -0.2) is 34.9 Å². The van der Waals surface area contributed by atoms with Crippen molar-refractivity contribution in [2.45, 2.75) is 26.8 Å². The summed E-state index contributed by atoms with van der Waals surface area (Å²) in [5, 5.41) is 3.18. The van der Waals surface area contributed by atoms with Gasteiger partial charge in [-0.1, -0.05) is 12.2 Å². The maximum absolute atomic E-state index is 12.1. The molecular formula is C14H21N3OS. The summed E-state index contributed by atoms with van der Waals surface area (Å²) in [6.07, 6.45) is 0. The summed E-state index contributed by atoms with van der Waals surface area (Å²) < 4.78 is 0. The van der Waals surface area contributed by atoms with Crippen LogP contribution < -0.4 is 11.1 Å². The summed E-state index contributed by atoms with van der Waals surface area (Å²) >= 11 is 4.90. The molecule has 1 atom stereocenters. The molecule has 1 amide bonds. The van der Waals surface area contributed by atoms with Crippen molar-refractivity contribution in [2.75, 3.05) is 18.4 Å². The molecule has 1 aromatic rings. The zero-order valence-electron chi connectivity index (χ0n) is 11.6. The molecule has 0 bridgehead atoms. The van der Waals surface area contributed by atoms with E-state index in [0.717, 1.165) is 24.3 Å². The van der Waals surface area contributed by atoms with Gasteiger partial charge in [0.1, 0.15) is 11.0 Å². The molecule has 4 nitrogen and oxygen atoms in total. The van der Waals surface area contributed by atoms with E-state index in [4.69, 9.17) is 18.0 Å². The van der Waals surface area contributed by atoms with E-state index >= 15 is 0 Å². The van der Waals surface area contributed by atoms with Crippen molar-refractivity contribution >= 4 is 28.8 Å². The van der Waals surface area contributed by atoms with Crippen molar-refractivity contribution < 1.29 is 4.79 Å². The van der Waals surface area contributed by atoms with Gasteiger partial charge in [0.25, 0.3) is 0 Å². The van der Waals surface area contributed by atoms with E-state index in [-0.39, 0.29) is 11.9 Å². The normalized spacial score (nSPS) is 11.7. The molecule has 5 heteroatoms. The van der Waals surface area contributed by atoms with Gasteiger partial charge in [-0.25, -0.2) is 0 Å². The number of amides is 1. The molecule has 1 unspecified atom stereocenters. The van der Waals surface area contributed by atoms with Gasteiger partial charge in [0.15, 0.2) is 0 Å². The van der Waals surface area contributed by atoms with Gasteiger partial charge in [-0.3, -0.25) is 4.79 Å². The molecule has 0 aliphatic carbocycles. The molecule has 3 N–H and O–H groups in total. The average Bonchev–Trinajstić information content (AvgIpc) is 2.40. The van der Waals surface area contributed by atoms with E-state index in [9.17, 15) is 4.79 Å². The second-order valence-electron chi connectivity index (χ2n) is 4.32. The fourth-order valence-electron chi connectivity index (χ4n) is 1.85. The summed E-state index contributed by atoms with van der Waals surface area (Å²) in [6.45, 7) is 7.27. The van der Waals surface area contributed by atoms with Crippen LogP contribution in [-0.2, 0) is 4.79 Å². The lowest BCUT2D eigenvalue weighted by Gasteiger charge is -2.24. The van der Waals surface area contributed by atoms with Crippen molar-refractivity contribution in [1.82, 2.24) is 4.90 Å². The van der Waals surface area contributed by atoms with E-state index in [0.29, 0.717) is 4.99 Å². The lowest BCUT2D eigenvalue weighted by atomic mass is 10.2. The number of hydrogen-bond acceptors (Lipinski definition) is 3. The van der Waals surface area contributed by atoms with Gasteiger partial charge in [0.05, 0.1) is 0 Å². The van der Waals surface area contributed by atoms with Crippen LogP contribution in [0.1, 0.15) is 26.3 Å². The fourth-order valence-corrected chi connectivity index (χ4v) is 1.99. The van der Waals surface area contributed by atoms with Crippen molar-refractivity contribution in [1.29, 1.82) is 0 Å². The minimum atomic E-state index is -0.254. The Bertz CT molecular complexity index is 441. The number of rotatable bonds is 6. The standard InChI is InChI=1S/C14H21N3OS/c1-4-17(5-2)14(18)10(3)16-12-8-6-11(7-9-12)13(15)19/h6-10,16H,4-5H2,1-3H3,(H2,15,19). The molecule has 0 radical (unpaired) electrons. The van der Waals surface area contributed by atoms with Gasteiger partial charge >= 0.3 is 0 Å². The first-order valence-corrected chi connectivity index (χ1v) is 6.85. The van der Waals surface area contributed by atoms with Crippen LogP contribution in [0.25, 0.3) is 0 Å². The number of likely N-dealkylation sites (N-methyl/N-ethyl adjacent to an activating group) is 1. The highest BCUT2D eigenvalue weighted by Crippen LogP contribution is 2.11. The number of benzene rings is 1. The summed E-state index contributed by atoms with van der Waals surface area (Å²) in [7, 11) is 0. The molecule has 0 saturated carbocycles. The highest BCUT2D eigenvalue weighted by atomic mass is 32.1. The largest absolute Gasteiger partial charge is 0.389 e. The van der Waals surface area contributed by atoms with Crippen LogP contribution in [0, 0.1) is 0 Å². The van der Waals surface area contributed by atoms with Crippen molar-refractivity contribution in [2.24, 2.45) is 5.73 Å². The molecular weight excluding hydrogens is 258 g/mol. The van der Waals surface area contributed by atoms with E-state index in [1.165, 1.54) is 0 Å². The van der Waals surface area contributed by atoms with E-state index in [1.54, 1.807) is 4.90 Å². The summed E-state index contributed by atoms with van der Waals surface area (Å²) in [4.78, 5) is 14.3. The molecule has 0 aliphatic rings. The Morgan fingerprint density at radius 1 is 1.32 bits per heavy atom. The number of nitrogens with two attached hydrogens (primary N) is 1. The third kappa shape index (κ3) is 4.21. The Morgan fingerprint density at radius 3 is 2.26 bits per heavy atom. The van der Waals surface area contributed by atoms with Gasteiger partial charge in [-0.2, -0.15) is 0 Å². The molecule has 1 rings (SSSR count). The number of nitrogens with one attached hydrogen (secondary N) is 1. The average molecular weight is 279 g/mol. The number of anilines is 1. The third-order valence-electron chi connectivity index (χ3n) is 3.00. The third-order valence-corrected chi connectivity index (χ3v) is 3.23. The second-order valence-corrected chi connectivity index (χ2v) is 4.76. The highest BCUT2D eigenvalue weighted by molar-refractivity contribution is 7.80. The Labute approximate surface area is 120 Å². The van der Waals surface area contributed by atoms with Crippen LogP contribution in [0.4, 0.5) is 5.69 Å². The first-order valence-electron chi connectivity index (χ1n) is 6.44.